The van der Waals surface area contributed by atoms with E-state index >= 15 is 0 Å². The Balaban J connectivity index is 2.00. The number of hydrogen-bond acceptors (Lipinski definition) is 5. The fraction of sp³-hybridized carbons (Fsp3) is 0.588. The van der Waals surface area contributed by atoms with Crippen molar-refractivity contribution in [1.82, 2.24) is 10.6 Å². The molecule has 0 saturated heterocycles. The summed E-state index contributed by atoms with van der Waals surface area (Å²) in [5.74, 6) is 0.109. The van der Waals surface area contributed by atoms with Crippen LogP contribution >= 0.6 is 11.3 Å². The van der Waals surface area contributed by atoms with Crippen LogP contribution in [0.4, 0.5) is 0 Å². The largest absolute Gasteiger partial charge is 0.495 e. The molecule has 7 heteroatoms. The fourth-order valence-corrected chi connectivity index (χ4v) is 3.95. The highest BCUT2D eigenvalue weighted by Crippen LogP contribution is 2.30. The minimum atomic E-state index is -0.299. The molecule has 2 amide bonds. The van der Waals surface area contributed by atoms with Gasteiger partial charge in [-0.2, -0.15) is 5.26 Å². The Morgan fingerprint density at radius 1 is 1.33 bits per heavy atom. The standard InChI is InChI=1S/C17H23N3O3S/c1-23-15-11-24-10-14(15)17(22)20-9-13(16(21)19-8-7-18)12-5-3-2-4-6-12/h10-13H,2-6,8-9H2,1H3,(H,19,21)(H,20,22). The van der Waals surface area contributed by atoms with Crippen molar-refractivity contribution in [3.63, 3.8) is 0 Å². The van der Waals surface area contributed by atoms with Crippen molar-refractivity contribution in [2.75, 3.05) is 20.2 Å². The van der Waals surface area contributed by atoms with Gasteiger partial charge in [0, 0.05) is 17.3 Å². The molecule has 1 unspecified atom stereocenters. The average molecular weight is 349 g/mol. The molecule has 130 valence electrons. The lowest BCUT2D eigenvalue weighted by atomic mass is 9.79. The number of methoxy groups -OCH3 is 1. The van der Waals surface area contributed by atoms with E-state index in [1.807, 2.05) is 6.07 Å². The van der Waals surface area contributed by atoms with E-state index in [1.165, 1.54) is 24.9 Å². The molecule has 1 aromatic rings. The number of rotatable bonds is 7. The van der Waals surface area contributed by atoms with Gasteiger partial charge in [-0.3, -0.25) is 9.59 Å². The third kappa shape index (κ3) is 4.71. The number of thiophene rings is 1. The van der Waals surface area contributed by atoms with Crippen LogP contribution in [-0.2, 0) is 4.79 Å². The molecule has 2 rings (SSSR count). The molecule has 1 aliphatic carbocycles. The zero-order chi connectivity index (χ0) is 17.4. The summed E-state index contributed by atoms with van der Waals surface area (Å²) >= 11 is 1.40. The first-order valence-electron chi connectivity index (χ1n) is 8.20. The Hall–Kier alpha value is -2.07. The van der Waals surface area contributed by atoms with Crippen molar-refractivity contribution in [2.24, 2.45) is 11.8 Å². The summed E-state index contributed by atoms with van der Waals surface area (Å²) in [4.78, 5) is 24.7. The van der Waals surface area contributed by atoms with E-state index in [0.29, 0.717) is 11.3 Å². The van der Waals surface area contributed by atoms with E-state index in [0.717, 1.165) is 25.7 Å². The zero-order valence-electron chi connectivity index (χ0n) is 13.8. The summed E-state index contributed by atoms with van der Waals surface area (Å²) in [5.41, 5.74) is 0.488. The summed E-state index contributed by atoms with van der Waals surface area (Å²) in [5, 5.41) is 17.7. The van der Waals surface area contributed by atoms with Crippen LogP contribution in [0.25, 0.3) is 0 Å². The van der Waals surface area contributed by atoms with Gasteiger partial charge in [-0.05, 0) is 18.8 Å². The van der Waals surface area contributed by atoms with Crippen LogP contribution in [0.5, 0.6) is 5.75 Å². The third-order valence-corrected chi connectivity index (χ3v) is 5.19. The topological polar surface area (TPSA) is 91.2 Å². The van der Waals surface area contributed by atoms with E-state index in [4.69, 9.17) is 10.00 Å². The number of nitriles is 1. The van der Waals surface area contributed by atoms with Gasteiger partial charge in [0.1, 0.15) is 12.3 Å². The van der Waals surface area contributed by atoms with Gasteiger partial charge in [0.2, 0.25) is 5.91 Å². The van der Waals surface area contributed by atoms with E-state index in [9.17, 15) is 9.59 Å². The minimum Gasteiger partial charge on any atom is -0.495 e. The summed E-state index contributed by atoms with van der Waals surface area (Å²) in [6, 6.07) is 1.92. The normalized spacial score (nSPS) is 16.0. The van der Waals surface area contributed by atoms with Crippen molar-refractivity contribution in [3.05, 3.63) is 16.3 Å². The molecule has 1 aromatic heterocycles. The monoisotopic (exact) mass is 349 g/mol. The van der Waals surface area contributed by atoms with E-state index in [-0.39, 0.29) is 36.7 Å². The molecule has 1 atom stereocenters. The van der Waals surface area contributed by atoms with Crippen LogP contribution in [0.2, 0.25) is 0 Å². The quantitative estimate of drug-likeness (QED) is 0.739. The third-order valence-electron chi connectivity index (χ3n) is 4.47. The molecule has 0 spiro atoms. The van der Waals surface area contributed by atoms with Crippen LogP contribution in [0, 0.1) is 23.2 Å². The molecular weight excluding hydrogens is 326 g/mol. The molecule has 0 radical (unpaired) electrons. The Morgan fingerprint density at radius 3 is 2.75 bits per heavy atom. The number of nitrogens with one attached hydrogen (secondary N) is 2. The van der Waals surface area contributed by atoms with Crippen molar-refractivity contribution < 1.29 is 14.3 Å². The number of ether oxygens (including phenoxy) is 1. The highest BCUT2D eigenvalue weighted by molar-refractivity contribution is 7.08. The molecule has 1 aliphatic rings. The van der Waals surface area contributed by atoms with Gasteiger partial charge in [-0.1, -0.05) is 19.3 Å². The molecule has 0 aliphatic heterocycles. The Bertz CT molecular complexity index is 602. The maximum Gasteiger partial charge on any atom is 0.255 e. The predicted molar refractivity (Wildman–Crippen MR) is 91.9 cm³/mol. The molecule has 0 bridgehead atoms. The van der Waals surface area contributed by atoms with E-state index < -0.39 is 0 Å². The summed E-state index contributed by atoms with van der Waals surface area (Å²) in [6.45, 7) is 0.272. The predicted octanol–water partition coefficient (Wildman–Crippen LogP) is 2.32. The smallest absolute Gasteiger partial charge is 0.255 e. The highest BCUT2D eigenvalue weighted by atomic mass is 32.1. The molecular formula is C17H23N3O3S. The number of carbonyl (C=O) groups excluding carboxylic acids is 2. The Kier molecular flexibility index (Phi) is 7.07. The van der Waals surface area contributed by atoms with Crippen molar-refractivity contribution in [3.8, 4) is 11.8 Å². The van der Waals surface area contributed by atoms with Crippen LogP contribution in [-0.4, -0.2) is 32.0 Å². The van der Waals surface area contributed by atoms with Gasteiger partial charge in [0.15, 0.2) is 0 Å². The molecule has 1 fully saturated rings. The van der Waals surface area contributed by atoms with Gasteiger partial charge >= 0.3 is 0 Å². The number of amides is 2. The van der Waals surface area contributed by atoms with Gasteiger partial charge in [-0.15, -0.1) is 11.3 Å². The molecule has 2 N–H and O–H groups in total. The van der Waals surface area contributed by atoms with E-state index in [1.54, 1.807) is 10.8 Å². The summed E-state index contributed by atoms with van der Waals surface area (Å²) < 4.78 is 5.16. The molecule has 0 aromatic carbocycles. The first kappa shape index (κ1) is 18.3. The SMILES string of the molecule is COc1cscc1C(=O)NCC(C(=O)NCC#N)C1CCCCC1. The first-order chi connectivity index (χ1) is 11.7. The van der Waals surface area contributed by atoms with Gasteiger partial charge < -0.3 is 15.4 Å². The number of hydrogen-bond donors (Lipinski definition) is 2. The average Bonchev–Trinajstić information content (AvgIpc) is 3.09. The number of nitrogens with zero attached hydrogens (tertiary/aromatic N) is 1. The maximum atomic E-state index is 12.4. The maximum absolute atomic E-state index is 12.4. The van der Waals surface area contributed by atoms with Crippen molar-refractivity contribution >= 4 is 23.2 Å². The van der Waals surface area contributed by atoms with Crippen molar-refractivity contribution in [2.45, 2.75) is 32.1 Å². The van der Waals surface area contributed by atoms with Crippen molar-refractivity contribution in [1.29, 1.82) is 5.26 Å². The first-order valence-corrected chi connectivity index (χ1v) is 9.14. The fourth-order valence-electron chi connectivity index (χ4n) is 3.17. The van der Waals surface area contributed by atoms with Crippen LogP contribution in [0.1, 0.15) is 42.5 Å². The summed E-state index contributed by atoms with van der Waals surface area (Å²) in [7, 11) is 1.53. The molecule has 6 nitrogen and oxygen atoms in total. The molecule has 1 heterocycles. The lowest BCUT2D eigenvalue weighted by Crippen LogP contribution is -2.43. The molecule has 1 saturated carbocycles. The van der Waals surface area contributed by atoms with Gasteiger partial charge in [0.05, 0.1) is 24.7 Å². The second kappa shape index (κ2) is 9.28. The Morgan fingerprint density at radius 2 is 2.08 bits per heavy atom. The second-order valence-corrected chi connectivity index (χ2v) is 6.69. The zero-order valence-corrected chi connectivity index (χ0v) is 14.7. The van der Waals surface area contributed by atoms with E-state index in [2.05, 4.69) is 10.6 Å². The van der Waals surface area contributed by atoms with Gasteiger partial charge in [0.25, 0.3) is 5.91 Å². The Labute approximate surface area is 146 Å². The van der Waals surface area contributed by atoms with Crippen LogP contribution < -0.4 is 15.4 Å². The lowest BCUT2D eigenvalue weighted by molar-refractivity contribution is -0.126. The molecule has 24 heavy (non-hydrogen) atoms. The van der Waals surface area contributed by atoms with Crippen LogP contribution in [0.3, 0.4) is 0 Å². The lowest BCUT2D eigenvalue weighted by Gasteiger charge is -2.29. The van der Waals surface area contributed by atoms with Gasteiger partial charge in [-0.25, -0.2) is 0 Å². The number of carbonyl (C=O) groups is 2. The summed E-state index contributed by atoms with van der Waals surface area (Å²) in [6.07, 6.45) is 5.39. The van der Waals surface area contributed by atoms with Crippen LogP contribution in [0.15, 0.2) is 10.8 Å². The minimum absolute atomic E-state index is 0.00560. The second-order valence-electron chi connectivity index (χ2n) is 5.94. The highest BCUT2D eigenvalue weighted by Gasteiger charge is 2.30.